The van der Waals surface area contributed by atoms with Gasteiger partial charge in [0.2, 0.25) is 0 Å². The van der Waals surface area contributed by atoms with E-state index in [4.69, 9.17) is 4.74 Å². The van der Waals surface area contributed by atoms with E-state index in [1.807, 2.05) is 12.4 Å². The lowest BCUT2D eigenvalue weighted by Gasteiger charge is -2.14. The van der Waals surface area contributed by atoms with Crippen LogP contribution in [0.25, 0.3) is 0 Å². The van der Waals surface area contributed by atoms with Crippen LogP contribution < -0.4 is 5.32 Å². The second-order valence-electron chi connectivity index (χ2n) is 3.16. The zero-order valence-corrected chi connectivity index (χ0v) is 8.34. The Morgan fingerprint density at radius 1 is 1.62 bits per heavy atom. The number of aromatic amines is 1. The topological polar surface area (TPSA) is 37.0 Å². The Morgan fingerprint density at radius 3 is 3.00 bits per heavy atom. The quantitative estimate of drug-likeness (QED) is 0.700. The van der Waals surface area contributed by atoms with Gasteiger partial charge in [0.15, 0.2) is 0 Å². The molecule has 0 aromatic carbocycles. The predicted octanol–water partition coefficient (Wildman–Crippen LogP) is 1.53. The maximum absolute atomic E-state index is 5.09. The molecule has 0 saturated carbocycles. The number of hydrogen-bond acceptors (Lipinski definition) is 2. The summed E-state index contributed by atoms with van der Waals surface area (Å²) in [6, 6.07) is 2.53. The highest BCUT2D eigenvalue weighted by molar-refractivity contribution is 5.07. The molecule has 1 unspecified atom stereocenters. The minimum atomic E-state index is 0.458. The summed E-state index contributed by atoms with van der Waals surface area (Å²) < 4.78 is 5.09. The van der Waals surface area contributed by atoms with Crippen molar-refractivity contribution in [2.75, 3.05) is 13.7 Å². The summed E-state index contributed by atoms with van der Waals surface area (Å²) in [4.78, 5) is 3.03. The molecule has 0 aliphatic carbocycles. The van der Waals surface area contributed by atoms with Crippen molar-refractivity contribution in [1.29, 1.82) is 0 Å². The molecule has 1 heterocycles. The van der Waals surface area contributed by atoms with Gasteiger partial charge in [-0.2, -0.15) is 0 Å². The number of methoxy groups -OCH3 is 1. The molecule has 0 aliphatic rings. The molecule has 1 aromatic rings. The van der Waals surface area contributed by atoms with Gasteiger partial charge < -0.3 is 15.0 Å². The number of ether oxygens (including phenoxy) is 1. The Balaban J connectivity index is 2.23. The first kappa shape index (κ1) is 10.3. The molecule has 1 rings (SSSR count). The Bertz CT molecular complexity index is 209. The summed E-state index contributed by atoms with van der Waals surface area (Å²) >= 11 is 0. The molecule has 0 bridgehead atoms. The molecule has 2 N–H and O–H groups in total. The molecule has 0 saturated heterocycles. The van der Waals surface area contributed by atoms with Crippen LogP contribution in [0.15, 0.2) is 18.5 Å². The summed E-state index contributed by atoms with van der Waals surface area (Å²) in [6.45, 7) is 3.85. The first-order chi connectivity index (χ1) is 6.36. The van der Waals surface area contributed by atoms with Crippen LogP contribution in [0.3, 0.4) is 0 Å². The van der Waals surface area contributed by atoms with Crippen LogP contribution in [0.4, 0.5) is 0 Å². The van der Waals surface area contributed by atoms with Crippen LogP contribution in [-0.4, -0.2) is 24.7 Å². The second kappa shape index (κ2) is 5.78. The summed E-state index contributed by atoms with van der Waals surface area (Å²) in [6.07, 6.45) is 5.04. The lowest BCUT2D eigenvalue weighted by molar-refractivity contribution is 0.164. The summed E-state index contributed by atoms with van der Waals surface area (Å²) in [5.74, 6) is 0. The van der Waals surface area contributed by atoms with Crippen LogP contribution >= 0.6 is 0 Å². The second-order valence-corrected chi connectivity index (χ2v) is 3.16. The van der Waals surface area contributed by atoms with Crippen molar-refractivity contribution in [3.05, 3.63) is 24.0 Å². The van der Waals surface area contributed by atoms with Gasteiger partial charge in [0, 0.05) is 32.1 Å². The summed E-state index contributed by atoms with van der Waals surface area (Å²) in [5, 5.41) is 3.43. The van der Waals surface area contributed by atoms with E-state index in [1.54, 1.807) is 7.11 Å². The Labute approximate surface area is 79.5 Å². The van der Waals surface area contributed by atoms with E-state index >= 15 is 0 Å². The molecule has 1 atom stereocenters. The van der Waals surface area contributed by atoms with Crippen molar-refractivity contribution in [3.8, 4) is 0 Å². The van der Waals surface area contributed by atoms with Gasteiger partial charge in [-0.05, 0) is 18.1 Å². The van der Waals surface area contributed by atoms with Gasteiger partial charge in [-0.25, -0.2) is 0 Å². The van der Waals surface area contributed by atoms with E-state index in [0.717, 1.165) is 19.6 Å². The predicted molar refractivity (Wildman–Crippen MR) is 53.6 cm³/mol. The molecule has 1 aromatic heterocycles. The summed E-state index contributed by atoms with van der Waals surface area (Å²) in [7, 11) is 1.74. The van der Waals surface area contributed by atoms with E-state index in [9.17, 15) is 0 Å². The van der Waals surface area contributed by atoms with Crippen LogP contribution in [0, 0.1) is 0 Å². The van der Waals surface area contributed by atoms with Gasteiger partial charge in [0.25, 0.3) is 0 Å². The van der Waals surface area contributed by atoms with Crippen molar-refractivity contribution >= 4 is 0 Å². The van der Waals surface area contributed by atoms with Gasteiger partial charge in [-0.3, -0.25) is 0 Å². The molecule has 0 fully saturated rings. The third-order valence-electron chi connectivity index (χ3n) is 2.12. The maximum atomic E-state index is 5.09. The highest BCUT2D eigenvalue weighted by Gasteiger charge is 2.04. The molecule has 0 spiro atoms. The molecule has 0 amide bonds. The minimum absolute atomic E-state index is 0.458. The molecule has 3 heteroatoms. The van der Waals surface area contributed by atoms with Crippen LogP contribution in [0.1, 0.15) is 18.9 Å². The summed E-state index contributed by atoms with van der Waals surface area (Å²) in [5.41, 5.74) is 1.29. The first-order valence-electron chi connectivity index (χ1n) is 4.70. The SMILES string of the molecule is CCC(COC)NCc1cc[nH]c1. The Hall–Kier alpha value is -0.800. The molecular formula is C10H18N2O. The minimum Gasteiger partial charge on any atom is -0.383 e. The monoisotopic (exact) mass is 182 g/mol. The smallest absolute Gasteiger partial charge is 0.0615 e. The lowest BCUT2D eigenvalue weighted by atomic mass is 10.2. The maximum Gasteiger partial charge on any atom is 0.0615 e. The normalized spacial score (nSPS) is 13.1. The zero-order chi connectivity index (χ0) is 9.52. The van der Waals surface area contributed by atoms with Crippen LogP contribution in [-0.2, 0) is 11.3 Å². The molecular weight excluding hydrogens is 164 g/mol. The average molecular weight is 182 g/mol. The Kier molecular flexibility index (Phi) is 4.57. The van der Waals surface area contributed by atoms with Gasteiger partial charge >= 0.3 is 0 Å². The number of nitrogens with one attached hydrogen (secondary N) is 2. The van der Waals surface area contributed by atoms with Crippen LogP contribution in [0.2, 0.25) is 0 Å². The van der Waals surface area contributed by atoms with Gasteiger partial charge in [-0.1, -0.05) is 6.92 Å². The van der Waals surface area contributed by atoms with Crippen LogP contribution in [0.5, 0.6) is 0 Å². The Morgan fingerprint density at radius 2 is 2.46 bits per heavy atom. The van der Waals surface area contributed by atoms with E-state index in [2.05, 4.69) is 23.3 Å². The third-order valence-corrected chi connectivity index (χ3v) is 2.12. The standard InChI is InChI=1S/C10H18N2O/c1-3-10(8-13-2)12-7-9-4-5-11-6-9/h4-6,10-12H,3,7-8H2,1-2H3. The van der Waals surface area contributed by atoms with E-state index < -0.39 is 0 Å². The van der Waals surface area contributed by atoms with Crippen molar-refractivity contribution in [2.45, 2.75) is 25.9 Å². The molecule has 74 valence electrons. The fraction of sp³-hybridized carbons (Fsp3) is 0.600. The van der Waals surface area contributed by atoms with E-state index in [-0.39, 0.29) is 0 Å². The molecule has 3 nitrogen and oxygen atoms in total. The molecule has 13 heavy (non-hydrogen) atoms. The average Bonchev–Trinajstić information content (AvgIpc) is 2.64. The van der Waals surface area contributed by atoms with Crippen molar-refractivity contribution in [3.63, 3.8) is 0 Å². The fourth-order valence-corrected chi connectivity index (χ4v) is 1.25. The molecule has 0 radical (unpaired) electrons. The largest absolute Gasteiger partial charge is 0.383 e. The molecule has 0 aliphatic heterocycles. The highest BCUT2D eigenvalue weighted by Crippen LogP contribution is 1.98. The van der Waals surface area contributed by atoms with Crippen molar-refractivity contribution < 1.29 is 4.74 Å². The highest BCUT2D eigenvalue weighted by atomic mass is 16.5. The van der Waals surface area contributed by atoms with E-state index in [0.29, 0.717) is 6.04 Å². The van der Waals surface area contributed by atoms with Gasteiger partial charge in [-0.15, -0.1) is 0 Å². The van der Waals surface area contributed by atoms with Gasteiger partial charge in [0.05, 0.1) is 6.61 Å². The van der Waals surface area contributed by atoms with Crippen molar-refractivity contribution in [2.24, 2.45) is 0 Å². The number of aromatic nitrogens is 1. The third kappa shape index (κ3) is 3.61. The zero-order valence-electron chi connectivity index (χ0n) is 8.34. The number of rotatable bonds is 6. The fourth-order valence-electron chi connectivity index (χ4n) is 1.25. The van der Waals surface area contributed by atoms with E-state index in [1.165, 1.54) is 5.56 Å². The lowest BCUT2D eigenvalue weighted by Crippen LogP contribution is -2.31. The number of H-pyrrole nitrogens is 1. The van der Waals surface area contributed by atoms with Crippen molar-refractivity contribution in [1.82, 2.24) is 10.3 Å². The van der Waals surface area contributed by atoms with Gasteiger partial charge in [0.1, 0.15) is 0 Å². The first-order valence-corrected chi connectivity index (χ1v) is 4.70. The number of hydrogen-bond donors (Lipinski definition) is 2.